The summed E-state index contributed by atoms with van der Waals surface area (Å²) in [5, 5.41) is 7.19. The van der Waals surface area contributed by atoms with Gasteiger partial charge in [-0.25, -0.2) is 0 Å². The number of nitrogens with zero attached hydrogens (tertiary/aromatic N) is 3. The van der Waals surface area contributed by atoms with Crippen LogP contribution in [0, 0.1) is 0 Å². The highest BCUT2D eigenvalue weighted by Crippen LogP contribution is 1.98. The van der Waals surface area contributed by atoms with E-state index < -0.39 is 0 Å². The van der Waals surface area contributed by atoms with Gasteiger partial charge in [-0.05, 0) is 13.1 Å². The molecule has 1 rings (SSSR count). The molecule has 0 spiro atoms. The molecule has 4 nitrogen and oxygen atoms in total. The van der Waals surface area contributed by atoms with Gasteiger partial charge in [0.15, 0.2) is 0 Å². The molecule has 0 amide bonds. The van der Waals surface area contributed by atoms with Gasteiger partial charge in [0.05, 0.1) is 0 Å². The molecule has 0 radical (unpaired) electrons. The molecule has 0 aromatic carbocycles. The Kier molecular flexibility index (Phi) is 3.04. The van der Waals surface area contributed by atoms with Crippen molar-refractivity contribution in [2.45, 2.75) is 20.4 Å². The maximum Gasteiger partial charge on any atom is 0.148 e. The van der Waals surface area contributed by atoms with E-state index in [4.69, 9.17) is 0 Å². The van der Waals surface area contributed by atoms with Gasteiger partial charge in [0.25, 0.3) is 0 Å². The van der Waals surface area contributed by atoms with Crippen molar-refractivity contribution in [3.63, 3.8) is 0 Å². The first kappa shape index (κ1) is 8.20. The monoisotopic (exact) mass is 155 g/mol. The molecule has 11 heavy (non-hydrogen) atoms. The lowest BCUT2D eigenvalue weighted by Gasteiger charge is -2.14. The predicted molar refractivity (Wildman–Crippen MR) is 40.9 cm³/mol. The van der Waals surface area contributed by atoms with Crippen molar-refractivity contribution in [2.24, 2.45) is 0 Å². The number of rotatable bonds is 4. The molecule has 0 N–H and O–H groups in total. The topological polar surface area (TPSA) is 42.2 Å². The molecule has 0 bridgehead atoms. The maximum atomic E-state index is 4.62. The lowest BCUT2D eigenvalue weighted by Crippen LogP contribution is -2.22. The van der Waals surface area contributed by atoms with Gasteiger partial charge in [-0.3, -0.25) is 4.90 Å². The van der Waals surface area contributed by atoms with E-state index in [1.54, 1.807) is 6.26 Å². The Morgan fingerprint density at radius 1 is 1.45 bits per heavy atom. The van der Waals surface area contributed by atoms with Crippen molar-refractivity contribution in [3.8, 4) is 0 Å². The average Bonchev–Trinajstić information content (AvgIpc) is 2.52. The van der Waals surface area contributed by atoms with Gasteiger partial charge in [-0.1, -0.05) is 13.8 Å². The fraction of sp³-hybridized carbons (Fsp3) is 0.714. The molecular formula is C7H13N3O. The Morgan fingerprint density at radius 3 is 2.64 bits per heavy atom. The van der Waals surface area contributed by atoms with Crippen LogP contribution in [-0.4, -0.2) is 28.4 Å². The summed E-state index contributed by atoms with van der Waals surface area (Å²) in [6.45, 7) is 7.14. The third kappa shape index (κ3) is 2.31. The van der Waals surface area contributed by atoms with Crippen LogP contribution in [0.5, 0.6) is 0 Å². The fourth-order valence-corrected chi connectivity index (χ4v) is 0.929. The average molecular weight is 155 g/mol. The summed E-state index contributed by atoms with van der Waals surface area (Å²) < 4.78 is 4.62. The van der Waals surface area contributed by atoms with E-state index in [-0.39, 0.29) is 0 Å². The molecule has 0 aliphatic carbocycles. The second-order valence-electron chi connectivity index (χ2n) is 2.36. The van der Waals surface area contributed by atoms with Crippen LogP contribution in [0.2, 0.25) is 0 Å². The van der Waals surface area contributed by atoms with Crippen LogP contribution in [0.3, 0.4) is 0 Å². The van der Waals surface area contributed by atoms with Crippen LogP contribution in [-0.2, 0) is 6.54 Å². The number of hydrogen-bond acceptors (Lipinski definition) is 4. The summed E-state index contributed by atoms with van der Waals surface area (Å²) >= 11 is 0. The highest BCUT2D eigenvalue weighted by atomic mass is 16.5. The minimum absolute atomic E-state index is 0.830. The Labute approximate surface area is 66.2 Å². The van der Waals surface area contributed by atoms with E-state index in [0.717, 1.165) is 25.3 Å². The molecule has 0 aliphatic heterocycles. The van der Waals surface area contributed by atoms with E-state index in [2.05, 4.69) is 33.6 Å². The minimum atomic E-state index is 0.830. The van der Waals surface area contributed by atoms with Crippen molar-refractivity contribution in [2.75, 3.05) is 13.1 Å². The zero-order chi connectivity index (χ0) is 8.10. The lowest BCUT2D eigenvalue weighted by atomic mass is 10.4. The first-order chi connectivity index (χ1) is 5.36. The van der Waals surface area contributed by atoms with Crippen LogP contribution >= 0.6 is 0 Å². The first-order valence-corrected chi connectivity index (χ1v) is 3.85. The molecule has 1 aromatic rings. The summed E-state index contributed by atoms with van der Waals surface area (Å²) in [6.07, 6.45) is 1.58. The molecule has 0 saturated carbocycles. The van der Waals surface area contributed by atoms with E-state index in [9.17, 15) is 0 Å². The first-order valence-electron chi connectivity index (χ1n) is 3.85. The Balaban J connectivity index is 2.41. The van der Waals surface area contributed by atoms with Crippen LogP contribution in [0.4, 0.5) is 0 Å². The van der Waals surface area contributed by atoms with E-state index in [1.807, 2.05) is 0 Å². The van der Waals surface area contributed by atoms with Crippen molar-refractivity contribution in [1.29, 1.82) is 0 Å². The third-order valence-electron chi connectivity index (χ3n) is 1.69. The predicted octanol–water partition coefficient (Wildman–Crippen LogP) is 0.911. The highest BCUT2D eigenvalue weighted by Gasteiger charge is 2.02. The van der Waals surface area contributed by atoms with Crippen molar-refractivity contribution in [3.05, 3.63) is 12.0 Å². The van der Waals surface area contributed by atoms with Gasteiger partial charge >= 0.3 is 0 Å². The Morgan fingerprint density at radius 2 is 2.18 bits per heavy atom. The molecule has 0 fully saturated rings. The van der Waals surface area contributed by atoms with Gasteiger partial charge in [-0.2, -0.15) is 0 Å². The molecule has 0 aliphatic rings. The molecule has 0 saturated heterocycles. The van der Waals surface area contributed by atoms with Crippen LogP contribution < -0.4 is 0 Å². The summed E-state index contributed by atoms with van der Waals surface area (Å²) in [5.74, 6) is 0. The molecule has 0 atom stereocenters. The molecular weight excluding hydrogens is 142 g/mol. The minimum Gasteiger partial charge on any atom is -0.345 e. The van der Waals surface area contributed by atoms with Crippen LogP contribution in [0.1, 0.15) is 19.5 Å². The maximum absolute atomic E-state index is 4.62. The largest absolute Gasteiger partial charge is 0.345 e. The molecule has 62 valence electrons. The lowest BCUT2D eigenvalue weighted by molar-refractivity contribution is 0.292. The molecule has 4 heteroatoms. The smallest absolute Gasteiger partial charge is 0.148 e. The second kappa shape index (κ2) is 4.08. The zero-order valence-corrected chi connectivity index (χ0v) is 6.95. The number of aromatic nitrogens is 2. The van der Waals surface area contributed by atoms with Gasteiger partial charge in [0.1, 0.15) is 12.0 Å². The van der Waals surface area contributed by atoms with E-state index in [1.165, 1.54) is 0 Å². The second-order valence-corrected chi connectivity index (χ2v) is 2.36. The van der Waals surface area contributed by atoms with Gasteiger partial charge in [0.2, 0.25) is 0 Å². The van der Waals surface area contributed by atoms with Crippen molar-refractivity contribution in [1.82, 2.24) is 15.3 Å². The number of hydrogen-bond donors (Lipinski definition) is 0. The van der Waals surface area contributed by atoms with Crippen molar-refractivity contribution < 1.29 is 4.52 Å². The van der Waals surface area contributed by atoms with Crippen LogP contribution in [0.15, 0.2) is 10.8 Å². The normalized spacial score (nSPS) is 10.8. The summed E-state index contributed by atoms with van der Waals surface area (Å²) in [5.41, 5.74) is 0.897. The zero-order valence-electron chi connectivity index (χ0n) is 6.95. The van der Waals surface area contributed by atoms with E-state index >= 15 is 0 Å². The Hall–Kier alpha value is -0.900. The Bertz CT molecular complexity index is 182. The fourth-order valence-electron chi connectivity index (χ4n) is 0.929. The SMILES string of the molecule is CCN(CC)Cc1conn1. The highest BCUT2D eigenvalue weighted by molar-refractivity contribution is 4.87. The third-order valence-corrected chi connectivity index (χ3v) is 1.69. The molecule has 0 unspecified atom stereocenters. The van der Waals surface area contributed by atoms with Crippen molar-refractivity contribution >= 4 is 0 Å². The summed E-state index contributed by atoms with van der Waals surface area (Å²) in [4.78, 5) is 2.25. The van der Waals surface area contributed by atoms with Crippen LogP contribution in [0.25, 0.3) is 0 Å². The van der Waals surface area contributed by atoms with Gasteiger partial charge in [-0.15, -0.1) is 5.10 Å². The quantitative estimate of drug-likeness (QED) is 0.648. The van der Waals surface area contributed by atoms with Gasteiger partial charge < -0.3 is 4.52 Å². The molecule has 1 heterocycles. The summed E-state index contributed by atoms with van der Waals surface area (Å²) in [6, 6.07) is 0. The van der Waals surface area contributed by atoms with E-state index in [0.29, 0.717) is 0 Å². The molecule has 1 aromatic heterocycles. The summed E-state index contributed by atoms with van der Waals surface area (Å²) in [7, 11) is 0. The standard InChI is InChI=1S/C7H13N3O/c1-3-10(4-2)5-7-6-11-9-8-7/h6H,3-5H2,1-2H3. The van der Waals surface area contributed by atoms with Gasteiger partial charge in [0, 0.05) is 11.8 Å².